The van der Waals surface area contributed by atoms with Gasteiger partial charge >= 0.3 is 11.9 Å². The van der Waals surface area contributed by atoms with Gasteiger partial charge in [-0.1, -0.05) is 48.6 Å². The van der Waals surface area contributed by atoms with Gasteiger partial charge in [0.15, 0.2) is 0 Å². The lowest BCUT2D eigenvalue weighted by atomic mass is 10.1. The smallest absolute Gasteiger partial charge is 0.339 e. The maximum absolute atomic E-state index is 12.0. The third-order valence-electron chi connectivity index (χ3n) is 2.98. The molecule has 0 saturated carbocycles. The van der Waals surface area contributed by atoms with Crippen LogP contribution in [0.15, 0.2) is 47.7 Å². The van der Waals surface area contributed by atoms with E-state index in [1.54, 1.807) is 26.0 Å². The fourth-order valence-electron chi connectivity index (χ4n) is 1.93. The van der Waals surface area contributed by atoms with Crippen LogP contribution in [0.2, 0.25) is 0 Å². The molecule has 0 bridgehead atoms. The topological polar surface area (TPSA) is 64.6 Å². The van der Waals surface area contributed by atoms with Crippen LogP contribution in [0.25, 0.3) is 6.08 Å². The Kier molecular flexibility index (Phi) is 8.43. The molecule has 1 rings (SSSR count). The second kappa shape index (κ2) is 10.3. The Balaban J connectivity index is 3.06. The monoisotopic (exact) mass is 347 g/mol. The molecule has 128 valence electrons. The summed E-state index contributed by atoms with van der Waals surface area (Å²) in [7, 11) is 1.31. The van der Waals surface area contributed by atoms with E-state index in [-0.39, 0.29) is 18.0 Å². The van der Waals surface area contributed by atoms with Gasteiger partial charge in [-0.2, -0.15) is 0 Å². The highest BCUT2D eigenvalue weighted by Crippen LogP contribution is 2.15. The standard InChI is InChI=1S/C18H21NO4S/c1-4-14(18(21)22-3)15(11-13-9-7-6-8-10-13)19-16(24)12-17(20)23-5-2/h4,6-11H,5,12H2,1-3H3,(H,19,24)/b14-4-,15-11-. The second-order valence-corrected chi connectivity index (χ2v) is 5.19. The van der Waals surface area contributed by atoms with Crippen molar-refractivity contribution < 1.29 is 19.1 Å². The average molecular weight is 347 g/mol. The van der Waals surface area contributed by atoms with Crippen molar-refractivity contribution in [2.45, 2.75) is 20.3 Å². The summed E-state index contributed by atoms with van der Waals surface area (Å²) in [6, 6.07) is 9.44. The number of carbonyl (C=O) groups excluding carboxylic acids is 2. The predicted molar refractivity (Wildman–Crippen MR) is 97.2 cm³/mol. The molecule has 5 nitrogen and oxygen atoms in total. The third kappa shape index (κ3) is 6.34. The molecule has 0 spiro atoms. The number of rotatable bonds is 7. The summed E-state index contributed by atoms with van der Waals surface area (Å²) in [5, 5.41) is 2.94. The highest BCUT2D eigenvalue weighted by molar-refractivity contribution is 7.80. The van der Waals surface area contributed by atoms with Gasteiger partial charge in [-0.15, -0.1) is 0 Å². The summed E-state index contributed by atoms with van der Waals surface area (Å²) < 4.78 is 9.68. The number of hydrogen-bond acceptors (Lipinski definition) is 5. The third-order valence-corrected chi connectivity index (χ3v) is 3.23. The number of methoxy groups -OCH3 is 1. The lowest BCUT2D eigenvalue weighted by molar-refractivity contribution is -0.141. The van der Waals surface area contributed by atoms with E-state index >= 15 is 0 Å². The number of nitrogens with one attached hydrogen (secondary N) is 1. The second-order valence-electron chi connectivity index (χ2n) is 4.69. The minimum Gasteiger partial charge on any atom is -0.466 e. The number of ether oxygens (including phenoxy) is 2. The molecule has 0 amide bonds. The van der Waals surface area contributed by atoms with Crippen molar-refractivity contribution in [1.29, 1.82) is 0 Å². The lowest BCUT2D eigenvalue weighted by Crippen LogP contribution is -2.27. The highest BCUT2D eigenvalue weighted by Gasteiger charge is 2.17. The predicted octanol–water partition coefficient (Wildman–Crippen LogP) is 3.02. The van der Waals surface area contributed by atoms with E-state index in [9.17, 15) is 9.59 Å². The number of thiocarbonyl (C=S) groups is 1. The van der Waals surface area contributed by atoms with Crippen molar-refractivity contribution in [3.05, 3.63) is 53.2 Å². The van der Waals surface area contributed by atoms with E-state index in [0.29, 0.717) is 11.3 Å². The Morgan fingerprint density at radius 1 is 1.25 bits per heavy atom. The maximum Gasteiger partial charge on any atom is 0.339 e. The zero-order valence-electron chi connectivity index (χ0n) is 14.0. The summed E-state index contributed by atoms with van der Waals surface area (Å²) in [6.07, 6.45) is 3.33. The fourth-order valence-corrected chi connectivity index (χ4v) is 2.16. The van der Waals surface area contributed by atoms with Gasteiger partial charge < -0.3 is 14.8 Å². The SMILES string of the molecule is C/C=C(C(=O)OC)/C(=C/c1ccccc1)NC(=S)CC(=O)OCC. The van der Waals surface area contributed by atoms with Crippen LogP contribution < -0.4 is 5.32 Å². The van der Waals surface area contributed by atoms with Crippen LogP contribution in [-0.2, 0) is 19.1 Å². The van der Waals surface area contributed by atoms with E-state index in [1.165, 1.54) is 7.11 Å². The molecule has 0 aliphatic heterocycles. The molecule has 1 N–H and O–H groups in total. The Labute approximate surface area is 147 Å². The van der Waals surface area contributed by atoms with Crippen LogP contribution in [0.3, 0.4) is 0 Å². The van der Waals surface area contributed by atoms with E-state index in [1.807, 2.05) is 30.3 Å². The minimum absolute atomic E-state index is 0.0620. The van der Waals surface area contributed by atoms with Gasteiger partial charge in [0.1, 0.15) is 0 Å². The van der Waals surface area contributed by atoms with Gasteiger partial charge in [-0.05, 0) is 25.5 Å². The molecule has 1 aromatic carbocycles. The van der Waals surface area contributed by atoms with E-state index in [2.05, 4.69) is 5.32 Å². The molecular weight excluding hydrogens is 326 g/mol. The Hall–Kier alpha value is -2.47. The van der Waals surface area contributed by atoms with Gasteiger partial charge in [0.25, 0.3) is 0 Å². The highest BCUT2D eigenvalue weighted by atomic mass is 32.1. The van der Waals surface area contributed by atoms with Crippen molar-refractivity contribution in [2.75, 3.05) is 13.7 Å². The van der Waals surface area contributed by atoms with Crippen LogP contribution in [0.5, 0.6) is 0 Å². The number of carbonyl (C=O) groups is 2. The zero-order chi connectivity index (χ0) is 17.9. The lowest BCUT2D eigenvalue weighted by Gasteiger charge is -2.14. The first-order valence-corrected chi connectivity index (χ1v) is 7.89. The van der Waals surface area contributed by atoms with Gasteiger partial charge in [0.05, 0.1) is 36.4 Å². The number of allylic oxidation sites excluding steroid dienone is 1. The molecule has 24 heavy (non-hydrogen) atoms. The molecule has 0 heterocycles. The van der Waals surface area contributed by atoms with Gasteiger partial charge in [0, 0.05) is 0 Å². The van der Waals surface area contributed by atoms with Crippen molar-refractivity contribution in [3.63, 3.8) is 0 Å². The molecule has 0 unspecified atom stereocenters. The van der Waals surface area contributed by atoms with E-state index < -0.39 is 11.9 Å². The molecule has 0 aliphatic carbocycles. The number of hydrogen-bond donors (Lipinski definition) is 1. The summed E-state index contributed by atoms with van der Waals surface area (Å²) in [5.41, 5.74) is 1.67. The minimum atomic E-state index is -0.494. The summed E-state index contributed by atoms with van der Waals surface area (Å²) in [5.74, 6) is -0.916. The molecule has 0 aromatic heterocycles. The van der Waals surface area contributed by atoms with Crippen molar-refractivity contribution in [2.24, 2.45) is 0 Å². The fraction of sp³-hybridized carbons (Fsp3) is 0.278. The first kappa shape index (κ1) is 19.6. The first-order valence-electron chi connectivity index (χ1n) is 7.49. The van der Waals surface area contributed by atoms with E-state index in [4.69, 9.17) is 21.7 Å². The maximum atomic E-state index is 12.0. The molecular formula is C18H21NO4S. The normalized spacial score (nSPS) is 11.6. The largest absolute Gasteiger partial charge is 0.466 e. The molecule has 6 heteroatoms. The Morgan fingerprint density at radius 2 is 1.92 bits per heavy atom. The number of benzene rings is 1. The van der Waals surface area contributed by atoms with Crippen LogP contribution in [0.4, 0.5) is 0 Å². The first-order chi connectivity index (χ1) is 11.5. The summed E-state index contributed by atoms with van der Waals surface area (Å²) in [4.78, 5) is 23.8. The van der Waals surface area contributed by atoms with Gasteiger partial charge in [0.2, 0.25) is 0 Å². The Bertz CT molecular complexity index is 650. The van der Waals surface area contributed by atoms with E-state index in [0.717, 1.165) is 5.56 Å². The average Bonchev–Trinajstić information content (AvgIpc) is 2.56. The van der Waals surface area contributed by atoms with Crippen LogP contribution in [0, 0.1) is 0 Å². The van der Waals surface area contributed by atoms with Crippen molar-refractivity contribution in [1.82, 2.24) is 5.32 Å². The molecule has 0 saturated heterocycles. The van der Waals surface area contributed by atoms with Gasteiger partial charge in [-0.3, -0.25) is 4.79 Å². The zero-order valence-corrected chi connectivity index (χ0v) is 14.8. The van der Waals surface area contributed by atoms with Crippen molar-refractivity contribution in [3.8, 4) is 0 Å². The molecule has 0 fully saturated rings. The van der Waals surface area contributed by atoms with Crippen LogP contribution in [-0.4, -0.2) is 30.6 Å². The summed E-state index contributed by atoms with van der Waals surface area (Å²) >= 11 is 5.19. The quantitative estimate of drug-likeness (QED) is 0.354. The van der Waals surface area contributed by atoms with Crippen LogP contribution in [0.1, 0.15) is 25.8 Å². The molecule has 0 atom stereocenters. The molecule has 0 radical (unpaired) electrons. The van der Waals surface area contributed by atoms with Gasteiger partial charge in [-0.25, -0.2) is 4.79 Å². The molecule has 0 aliphatic rings. The van der Waals surface area contributed by atoms with Crippen molar-refractivity contribution >= 4 is 35.2 Å². The Morgan fingerprint density at radius 3 is 2.46 bits per heavy atom. The molecule has 1 aromatic rings. The summed E-state index contributed by atoms with van der Waals surface area (Å²) in [6.45, 7) is 3.74. The number of esters is 2. The van der Waals surface area contributed by atoms with Crippen LogP contribution >= 0.6 is 12.2 Å².